The number of phenols is 2. The summed E-state index contributed by atoms with van der Waals surface area (Å²) in [6.07, 6.45) is 0. The summed E-state index contributed by atoms with van der Waals surface area (Å²) in [6.45, 7) is 7.40. The Labute approximate surface area is 234 Å². The van der Waals surface area contributed by atoms with E-state index in [1.807, 2.05) is 24.3 Å². The number of nitrogens with zero attached hydrogens (tertiary/aromatic N) is 4. The normalized spacial score (nSPS) is 20.3. The maximum absolute atomic E-state index is 12.2. The monoisotopic (exact) mass is 618 g/mol. The molecule has 0 saturated carbocycles. The Bertz CT molecular complexity index is 1430. The van der Waals surface area contributed by atoms with Crippen molar-refractivity contribution < 1.29 is 32.5 Å². The number of benzene rings is 3. The van der Waals surface area contributed by atoms with E-state index in [2.05, 4.69) is 36.4 Å². The van der Waals surface area contributed by atoms with Crippen molar-refractivity contribution in [1.82, 2.24) is 4.90 Å². The first-order valence-electron chi connectivity index (χ1n) is 12.2. The third-order valence-electron chi connectivity index (χ3n) is 6.65. The van der Waals surface area contributed by atoms with Crippen LogP contribution < -0.4 is 5.32 Å². The Kier molecular flexibility index (Phi) is 8.97. The van der Waals surface area contributed by atoms with Crippen molar-refractivity contribution in [3.05, 3.63) is 71.2 Å². The highest BCUT2D eigenvalue weighted by atomic mass is 79.9. The first-order chi connectivity index (χ1) is 18.5. The third kappa shape index (κ3) is 8.07. The number of rotatable bonds is 6. The maximum atomic E-state index is 12.2. The molecule has 1 amide bonds. The van der Waals surface area contributed by atoms with Gasteiger partial charge < -0.3 is 20.0 Å². The number of nitrogens with one attached hydrogen (secondary N) is 1. The molecule has 0 spiro atoms. The van der Waals surface area contributed by atoms with E-state index in [0.717, 1.165) is 60.0 Å². The van der Waals surface area contributed by atoms with Gasteiger partial charge in [0.1, 0.15) is 17.2 Å². The van der Waals surface area contributed by atoms with Gasteiger partial charge in [-0.05, 0) is 60.7 Å². The first kappa shape index (κ1) is 28.6. The largest absolute Gasteiger partial charge is 0.508 e. The van der Waals surface area contributed by atoms with Crippen LogP contribution in [0.1, 0.15) is 0 Å². The lowest BCUT2D eigenvalue weighted by atomic mass is 10.1. The second kappa shape index (κ2) is 12.2. The smallest absolute Gasteiger partial charge is 0.294 e. The lowest BCUT2D eigenvalue weighted by Gasteiger charge is -2.50. The zero-order valence-electron chi connectivity index (χ0n) is 20.9. The molecule has 0 atom stereocenters. The molecule has 4 N–H and O–H groups in total. The summed E-state index contributed by atoms with van der Waals surface area (Å²) in [7, 11) is -4.24. The molecule has 3 fully saturated rings. The number of hydrogen-bond acceptors (Lipinski definition) is 8. The molecule has 39 heavy (non-hydrogen) atoms. The van der Waals surface area contributed by atoms with Gasteiger partial charge in [0.25, 0.3) is 16.0 Å². The minimum atomic E-state index is -4.24. The second-order valence-corrected chi connectivity index (χ2v) is 11.7. The molecule has 3 aromatic carbocycles. The maximum Gasteiger partial charge on any atom is 0.294 e. The average molecular weight is 620 g/mol. The number of carbonyl (C=O) groups is 1. The highest BCUT2D eigenvalue weighted by Gasteiger charge is 2.39. The molecule has 0 unspecified atom stereocenters. The highest BCUT2D eigenvalue weighted by molar-refractivity contribution is 9.10. The van der Waals surface area contributed by atoms with Crippen LogP contribution in [0.4, 0.5) is 17.1 Å². The van der Waals surface area contributed by atoms with Gasteiger partial charge in [0, 0.05) is 35.9 Å². The van der Waals surface area contributed by atoms with Crippen LogP contribution in [-0.4, -0.2) is 84.3 Å². The summed E-state index contributed by atoms with van der Waals surface area (Å²) >= 11 is 3.40. The zero-order chi connectivity index (χ0) is 28.0. The van der Waals surface area contributed by atoms with Gasteiger partial charge in [-0.3, -0.25) is 14.2 Å². The van der Waals surface area contributed by atoms with Crippen molar-refractivity contribution in [3.63, 3.8) is 0 Å². The number of phenolic OH excluding ortho intramolecular Hbond substituents is 2. The van der Waals surface area contributed by atoms with Gasteiger partial charge >= 0.3 is 0 Å². The summed E-state index contributed by atoms with van der Waals surface area (Å²) in [5, 5.41) is 29.2. The predicted octanol–water partition coefficient (Wildman–Crippen LogP) is 4.29. The topological polar surface area (TPSA) is 152 Å². The lowest BCUT2D eigenvalue weighted by Crippen LogP contribution is -2.68. The molecule has 206 valence electrons. The Morgan fingerprint density at radius 2 is 1.54 bits per heavy atom. The molecular formula is C26H29BrN5O6S+. The Morgan fingerprint density at radius 3 is 2.10 bits per heavy atom. The van der Waals surface area contributed by atoms with Gasteiger partial charge in [-0.15, -0.1) is 5.11 Å². The van der Waals surface area contributed by atoms with E-state index in [0.29, 0.717) is 12.2 Å². The summed E-state index contributed by atoms with van der Waals surface area (Å²) in [5.74, 6) is -0.195. The van der Waals surface area contributed by atoms with E-state index in [1.165, 1.54) is 36.4 Å². The van der Waals surface area contributed by atoms with Crippen LogP contribution in [0.5, 0.6) is 11.5 Å². The van der Waals surface area contributed by atoms with Gasteiger partial charge in [0.05, 0.1) is 30.2 Å². The minimum Gasteiger partial charge on any atom is -0.508 e. The Hall–Kier alpha value is -3.36. The van der Waals surface area contributed by atoms with E-state index in [-0.39, 0.29) is 28.0 Å². The van der Waals surface area contributed by atoms with Crippen molar-refractivity contribution in [2.45, 2.75) is 4.90 Å². The number of anilines is 1. The van der Waals surface area contributed by atoms with Gasteiger partial charge in [-0.1, -0.05) is 15.9 Å². The number of fused-ring (bicyclic) bond motifs is 3. The number of quaternary nitrogens is 1. The van der Waals surface area contributed by atoms with Crippen LogP contribution >= 0.6 is 15.9 Å². The SMILES string of the molecule is O=C(C[N+]12CCN(CC1)CC2)Nc1ccc(Br)cc1.O=S(=O)(O)c1ccc(N=Nc2ccc(O)cc2O)cc1. The van der Waals surface area contributed by atoms with Crippen LogP contribution in [0.25, 0.3) is 0 Å². The molecule has 3 aliphatic heterocycles. The van der Waals surface area contributed by atoms with Gasteiger partial charge in [-0.2, -0.15) is 13.5 Å². The van der Waals surface area contributed by atoms with Gasteiger partial charge in [0.15, 0.2) is 6.54 Å². The van der Waals surface area contributed by atoms with Crippen LogP contribution in [-0.2, 0) is 14.9 Å². The van der Waals surface area contributed by atoms with Crippen LogP contribution in [0.2, 0.25) is 0 Å². The quantitative estimate of drug-likeness (QED) is 0.183. The molecule has 3 heterocycles. The summed E-state index contributed by atoms with van der Waals surface area (Å²) in [4.78, 5) is 14.4. The molecular weight excluding hydrogens is 590 g/mol. The summed E-state index contributed by atoms with van der Waals surface area (Å²) < 4.78 is 32.5. The van der Waals surface area contributed by atoms with Gasteiger partial charge in [0.2, 0.25) is 0 Å². The molecule has 3 saturated heterocycles. The molecule has 0 radical (unpaired) electrons. The summed E-state index contributed by atoms with van der Waals surface area (Å²) in [5.41, 5.74) is 1.37. The number of halogens is 1. The molecule has 0 aliphatic carbocycles. The zero-order valence-corrected chi connectivity index (χ0v) is 23.3. The molecule has 2 bridgehead atoms. The van der Waals surface area contributed by atoms with Crippen molar-refractivity contribution in [3.8, 4) is 11.5 Å². The van der Waals surface area contributed by atoms with E-state index >= 15 is 0 Å². The standard InChI is InChI=1S/C14H18BrN3O.C12H10N2O5S/c15-12-1-3-13(4-2-12)16-14(19)11-18-8-5-17(6-9-18)7-10-18;15-9-3-6-11(12(16)7-9)14-13-8-1-4-10(5-2-8)20(17,18)19/h1-4H,5-11H2;1-7,15-16H,(H,17,18,19)/p+1. The minimum absolute atomic E-state index is 0.0982. The van der Waals surface area contributed by atoms with Crippen LogP contribution in [0.15, 0.2) is 86.3 Å². The van der Waals surface area contributed by atoms with E-state index < -0.39 is 10.1 Å². The van der Waals surface area contributed by atoms with E-state index in [9.17, 15) is 18.3 Å². The van der Waals surface area contributed by atoms with Crippen LogP contribution in [0, 0.1) is 0 Å². The number of carbonyl (C=O) groups excluding carboxylic acids is 1. The molecule has 13 heteroatoms. The van der Waals surface area contributed by atoms with E-state index in [4.69, 9.17) is 9.66 Å². The van der Waals surface area contributed by atoms with Crippen LogP contribution in [0.3, 0.4) is 0 Å². The molecule has 3 aromatic rings. The number of amides is 1. The van der Waals surface area contributed by atoms with Crippen molar-refractivity contribution >= 4 is 49.0 Å². The molecule has 3 aliphatic rings. The van der Waals surface area contributed by atoms with E-state index in [1.54, 1.807) is 0 Å². The lowest BCUT2D eigenvalue weighted by molar-refractivity contribution is -0.933. The third-order valence-corrected chi connectivity index (χ3v) is 8.04. The molecule has 6 rings (SSSR count). The van der Waals surface area contributed by atoms with Crippen molar-refractivity contribution in [2.75, 3.05) is 51.1 Å². The van der Waals surface area contributed by atoms with Gasteiger partial charge in [-0.25, -0.2) is 0 Å². The molecule has 0 aromatic heterocycles. The van der Waals surface area contributed by atoms with Crippen molar-refractivity contribution in [1.29, 1.82) is 0 Å². The fourth-order valence-electron chi connectivity index (χ4n) is 4.40. The number of hydrogen-bond donors (Lipinski definition) is 4. The Balaban J connectivity index is 0.000000181. The number of aromatic hydroxyl groups is 2. The highest BCUT2D eigenvalue weighted by Crippen LogP contribution is 2.31. The first-order valence-corrected chi connectivity index (χ1v) is 14.4. The predicted molar refractivity (Wildman–Crippen MR) is 149 cm³/mol. The fourth-order valence-corrected chi connectivity index (χ4v) is 5.14. The molecule has 11 nitrogen and oxygen atoms in total. The van der Waals surface area contributed by atoms with Crippen molar-refractivity contribution in [2.24, 2.45) is 10.2 Å². The second-order valence-electron chi connectivity index (χ2n) is 9.41. The summed E-state index contributed by atoms with van der Waals surface area (Å²) in [6, 6.07) is 16.6. The average Bonchev–Trinajstić information content (AvgIpc) is 2.90. The number of piperazine rings is 3. The number of azo groups is 1. The fraction of sp³-hybridized carbons (Fsp3) is 0.269. The Morgan fingerprint density at radius 1 is 0.923 bits per heavy atom.